The first-order valence-corrected chi connectivity index (χ1v) is 13.6. The molecule has 0 aliphatic carbocycles. The van der Waals surface area contributed by atoms with E-state index in [2.05, 4.69) is 13.8 Å². The maximum atomic E-state index is 13.9. The van der Waals surface area contributed by atoms with Crippen LogP contribution in [0.15, 0.2) is 63.8 Å². The molecule has 0 N–H and O–H groups in total. The summed E-state index contributed by atoms with van der Waals surface area (Å²) in [5.74, 6) is 1.23. The average molecular weight is 566 g/mol. The summed E-state index contributed by atoms with van der Waals surface area (Å²) < 4.78 is 17.7. The van der Waals surface area contributed by atoms with E-state index in [9.17, 15) is 9.59 Å². The van der Waals surface area contributed by atoms with E-state index in [1.165, 1.54) is 0 Å². The Morgan fingerprint density at radius 1 is 1.00 bits per heavy atom. The molecule has 0 spiro atoms. The Morgan fingerprint density at radius 2 is 1.77 bits per heavy atom. The van der Waals surface area contributed by atoms with E-state index in [0.29, 0.717) is 50.6 Å². The van der Waals surface area contributed by atoms with Gasteiger partial charge in [0, 0.05) is 16.6 Å². The van der Waals surface area contributed by atoms with Gasteiger partial charge >= 0.3 is 0 Å². The summed E-state index contributed by atoms with van der Waals surface area (Å²) in [6, 6.07) is 15.3. The maximum Gasteiger partial charge on any atom is 0.291 e. The van der Waals surface area contributed by atoms with E-state index < -0.39 is 11.9 Å². The summed E-state index contributed by atoms with van der Waals surface area (Å²) in [4.78, 5) is 29.4. The van der Waals surface area contributed by atoms with Gasteiger partial charge in [0.05, 0.1) is 30.7 Å². The van der Waals surface area contributed by atoms with E-state index >= 15 is 0 Å². The van der Waals surface area contributed by atoms with Crippen LogP contribution in [0.2, 0.25) is 10.0 Å². The molecule has 0 bridgehead atoms. The van der Waals surface area contributed by atoms with Crippen molar-refractivity contribution in [3.63, 3.8) is 0 Å². The van der Waals surface area contributed by atoms with Crippen molar-refractivity contribution in [3.05, 3.63) is 103 Å². The molecule has 202 valence electrons. The van der Waals surface area contributed by atoms with Gasteiger partial charge in [0.25, 0.3) is 5.91 Å². The number of fused-ring (bicyclic) bond motifs is 2. The molecule has 1 aliphatic rings. The molecule has 2 heterocycles. The van der Waals surface area contributed by atoms with Crippen LogP contribution in [0.1, 0.15) is 59.1 Å². The van der Waals surface area contributed by atoms with Gasteiger partial charge in [-0.15, -0.1) is 0 Å². The molecular weight excluding hydrogens is 537 g/mol. The zero-order valence-electron chi connectivity index (χ0n) is 22.2. The standard InChI is InChI=1S/C31H29Cl2NO5/c1-17(2)11-12-38-24-10-9-19(14-26(24)37-4)28-27-29(35)21-15-23(33)18(3)13-25(21)39-30(27)31(36)34(28)16-20-7-5-6-8-22(20)32/h5-10,13-15,17,28H,11-12,16H2,1-4H3. The third-order valence-corrected chi connectivity index (χ3v) is 7.78. The average Bonchev–Trinajstić information content (AvgIpc) is 3.18. The fourth-order valence-corrected chi connectivity index (χ4v) is 5.20. The largest absolute Gasteiger partial charge is 0.493 e. The van der Waals surface area contributed by atoms with Crippen LogP contribution in [-0.2, 0) is 6.54 Å². The number of benzene rings is 3. The second-order valence-corrected chi connectivity index (χ2v) is 11.0. The first-order chi connectivity index (χ1) is 18.7. The molecule has 0 saturated heterocycles. The summed E-state index contributed by atoms with van der Waals surface area (Å²) in [6.07, 6.45) is 0.900. The number of halogens is 2. The highest BCUT2D eigenvalue weighted by Crippen LogP contribution is 2.42. The predicted molar refractivity (Wildman–Crippen MR) is 153 cm³/mol. The lowest BCUT2D eigenvalue weighted by Gasteiger charge is -2.26. The van der Waals surface area contributed by atoms with Crippen LogP contribution in [0.25, 0.3) is 11.0 Å². The Hall–Kier alpha value is -3.48. The molecule has 0 saturated carbocycles. The molecule has 5 rings (SSSR count). The topological polar surface area (TPSA) is 69.0 Å². The number of ether oxygens (including phenoxy) is 2. The van der Waals surface area contributed by atoms with Gasteiger partial charge in [-0.05, 0) is 66.3 Å². The minimum Gasteiger partial charge on any atom is -0.493 e. The van der Waals surface area contributed by atoms with Crippen molar-refractivity contribution in [1.82, 2.24) is 4.90 Å². The molecule has 6 nitrogen and oxygen atoms in total. The number of amides is 1. The molecule has 1 aromatic heterocycles. The van der Waals surface area contributed by atoms with Crippen molar-refractivity contribution in [2.24, 2.45) is 5.92 Å². The Kier molecular flexibility index (Phi) is 7.61. The molecule has 1 aliphatic heterocycles. The minimum atomic E-state index is -0.733. The van der Waals surface area contributed by atoms with E-state index in [-0.39, 0.29) is 23.3 Å². The Bertz CT molecular complexity index is 1630. The van der Waals surface area contributed by atoms with Gasteiger partial charge in [-0.2, -0.15) is 0 Å². The van der Waals surface area contributed by atoms with E-state index in [1.54, 1.807) is 30.2 Å². The minimum absolute atomic E-state index is 0.0162. The summed E-state index contributed by atoms with van der Waals surface area (Å²) in [6.45, 7) is 6.82. The normalized spacial score (nSPS) is 14.8. The van der Waals surface area contributed by atoms with Crippen molar-refractivity contribution in [1.29, 1.82) is 0 Å². The van der Waals surface area contributed by atoms with Crippen LogP contribution in [0.4, 0.5) is 0 Å². The van der Waals surface area contributed by atoms with Crippen LogP contribution < -0.4 is 14.9 Å². The fraction of sp³-hybridized carbons (Fsp3) is 0.290. The second kappa shape index (κ2) is 10.9. The SMILES string of the molecule is COc1cc(C2c3c(oc4cc(C)c(Cl)cc4c3=O)C(=O)N2Cc2ccccc2Cl)ccc1OCCC(C)C. The Labute approximate surface area is 237 Å². The number of aryl methyl sites for hydroxylation is 1. The lowest BCUT2D eigenvalue weighted by atomic mass is 9.97. The second-order valence-electron chi connectivity index (χ2n) is 10.1. The van der Waals surface area contributed by atoms with Gasteiger partial charge < -0.3 is 18.8 Å². The molecule has 3 aromatic carbocycles. The van der Waals surface area contributed by atoms with Crippen LogP contribution in [0.5, 0.6) is 11.5 Å². The number of methoxy groups -OCH3 is 1. The first kappa shape index (κ1) is 27.1. The molecule has 1 amide bonds. The summed E-state index contributed by atoms with van der Waals surface area (Å²) in [5.41, 5.74) is 2.46. The third kappa shape index (κ3) is 5.11. The molecule has 39 heavy (non-hydrogen) atoms. The van der Waals surface area contributed by atoms with Gasteiger partial charge in [0.15, 0.2) is 16.9 Å². The lowest BCUT2D eigenvalue weighted by molar-refractivity contribution is 0.0714. The Morgan fingerprint density at radius 3 is 2.49 bits per heavy atom. The van der Waals surface area contributed by atoms with E-state index in [1.807, 2.05) is 43.3 Å². The number of nitrogens with zero attached hydrogens (tertiary/aromatic N) is 1. The molecular formula is C31H29Cl2NO5. The van der Waals surface area contributed by atoms with Crippen molar-refractivity contribution < 1.29 is 18.7 Å². The van der Waals surface area contributed by atoms with Gasteiger partial charge in [-0.25, -0.2) is 0 Å². The highest BCUT2D eigenvalue weighted by Gasteiger charge is 2.43. The van der Waals surface area contributed by atoms with Crippen LogP contribution in [-0.4, -0.2) is 24.5 Å². The quantitative estimate of drug-likeness (QED) is 0.220. The Balaban J connectivity index is 1.66. The molecule has 1 unspecified atom stereocenters. The van der Waals surface area contributed by atoms with Gasteiger partial charge in [0.2, 0.25) is 5.76 Å². The van der Waals surface area contributed by atoms with Crippen molar-refractivity contribution >= 4 is 40.1 Å². The van der Waals surface area contributed by atoms with Crippen LogP contribution in [0, 0.1) is 12.8 Å². The molecule has 1 atom stereocenters. The van der Waals surface area contributed by atoms with Gasteiger partial charge in [-0.3, -0.25) is 9.59 Å². The molecule has 4 aromatic rings. The zero-order chi connectivity index (χ0) is 27.8. The monoisotopic (exact) mass is 565 g/mol. The number of carbonyl (C=O) groups is 1. The van der Waals surface area contributed by atoms with E-state index in [4.69, 9.17) is 37.1 Å². The molecule has 0 radical (unpaired) electrons. The van der Waals surface area contributed by atoms with E-state index in [0.717, 1.165) is 17.5 Å². The maximum absolute atomic E-state index is 13.9. The predicted octanol–water partition coefficient (Wildman–Crippen LogP) is 7.59. The molecule has 8 heteroatoms. The zero-order valence-corrected chi connectivity index (χ0v) is 23.7. The third-order valence-electron chi connectivity index (χ3n) is 7.00. The van der Waals surface area contributed by atoms with Gasteiger partial charge in [-0.1, -0.05) is 61.3 Å². The van der Waals surface area contributed by atoms with Crippen molar-refractivity contribution in [2.75, 3.05) is 13.7 Å². The number of rotatable bonds is 8. The van der Waals surface area contributed by atoms with Gasteiger partial charge in [0.1, 0.15) is 5.58 Å². The summed E-state index contributed by atoms with van der Waals surface area (Å²) in [5, 5.41) is 1.30. The number of hydrogen-bond acceptors (Lipinski definition) is 5. The van der Waals surface area contributed by atoms with Crippen molar-refractivity contribution in [3.8, 4) is 11.5 Å². The lowest BCUT2D eigenvalue weighted by Crippen LogP contribution is -2.29. The van der Waals surface area contributed by atoms with Crippen LogP contribution >= 0.6 is 23.2 Å². The smallest absolute Gasteiger partial charge is 0.291 e. The molecule has 0 fully saturated rings. The number of carbonyl (C=O) groups excluding carboxylic acids is 1. The fourth-order valence-electron chi connectivity index (χ4n) is 4.84. The van der Waals surface area contributed by atoms with Crippen molar-refractivity contribution in [2.45, 2.75) is 39.8 Å². The van der Waals surface area contributed by atoms with Crippen LogP contribution in [0.3, 0.4) is 0 Å². The summed E-state index contributed by atoms with van der Waals surface area (Å²) in [7, 11) is 1.57. The highest BCUT2D eigenvalue weighted by molar-refractivity contribution is 6.32. The summed E-state index contributed by atoms with van der Waals surface area (Å²) >= 11 is 12.8. The first-order valence-electron chi connectivity index (χ1n) is 12.8. The number of hydrogen-bond donors (Lipinski definition) is 0. The highest BCUT2D eigenvalue weighted by atomic mass is 35.5.